The molecule has 0 atom stereocenters. The van der Waals surface area contributed by atoms with Gasteiger partial charge in [-0.1, -0.05) is 37.2 Å². The van der Waals surface area contributed by atoms with E-state index in [1.165, 1.54) is 23.5 Å². The average molecular weight is 504 g/mol. The van der Waals surface area contributed by atoms with Gasteiger partial charge in [0.25, 0.3) is 0 Å². The van der Waals surface area contributed by atoms with Crippen LogP contribution in [-0.4, -0.2) is 27.8 Å². The number of carbonyl (C=O) groups is 1. The summed E-state index contributed by atoms with van der Waals surface area (Å²) in [6, 6.07) is 9.12. The number of carboxylic acid groups (broad SMARTS) is 1. The molecule has 6 nitrogen and oxygen atoms in total. The third-order valence-electron chi connectivity index (χ3n) is 5.65. The molecule has 35 heavy (non-hydrogen) atoms. The van der Waals surface area contributed by atoms with Crippen LogP contribution in [0, 0.1) is 6.92 Å². The van der Waals surface area contributed by atoms with Crippen LogP contribution in [0.3, 0.4) is 0 Å². The molecule has 0 saturated heterocycles. The van der Waals surface area contributed by atoms with Gasteiger partial charge in [-0.05, 0) is 43.4 Å². The van der Waals surface area contributed by atoms with Crippen molar-refractivity contribution >= 4 is 34.0 Å². The number of thiazole rings is 1. The molecule has 0 aliphatic rings. The van der Waals surface area contributed by atoms with Gasteiger partial charge >= 0.3 is 12.1 Å². The van der Waals surface area contributed by atoms with E-state index >= 15 is 0 Å². The number of aryl methyl sites for hydroxylation is 3. The zero-order valence-electron chi connectivity index (χ0n) is 19.4. The zero-order chi connectivity index (χ0) is 25.3. The molecule has 0 unspecified atom stereocenters. The maximum atomic E-state index is 13.6. The fourth-order valence-electron chi connectivity index (χ4n) is 3.94. The van der Waals surface area contributed by atoms with E-state index in [1.54, 1.807) is 12.1 Å². The number of aromatic nitrogens is 2. The summed E-state index contributed by atoms with van der Waals surface area (Å²) in [6.07, 6.45) is -3.38. The molecule has 184 valence electrons. The SMILES string of the molecule is Cc1cc2c(CCc3sc(-c4ccccc4C(F)(F)F)nc3C(C)C)noc2cc1NCC(=O)O. The molecule has 0 saturated carbocycles. The highest BCUT2D eigenvalue weighted by Gasteiger charge is 2.34. The minimum absolute atomic E-state index is 0.0483. The Balaban J connectivity index is 1.62. The van der Waals surface area contributed by atoms with Crippen molar-refractivity contribution in [2.75, 3.05) is 11.9 Å². The molecule has 0 aliphatic heterocycles. The summed E-state index contributed by atoms with van der Waals surface area (Å²) in [6.45, 7) is 5.60. The highest BCUT2D eigenvalue weighted by Crippen LogP contribution is 2.40. The Morgan fingerprint density at radius 1 is 1.20 bits per heavy atom. The molecule has 0 bridgehead atoms. The number of rotatable bonds is 8. The number of halogens is 3. The van der Waals surface area contributed by atoms with Crippen LogP contribution in [0.5, 0.6) is 0 Å². The second kappa shape index (κ2) is 9.69. The van der Waals surface area contributed by atoms with E-state index in [0.717, 1.165) is 33.3 Å². The highest BCUT2D eigenvalue weighted by atomic mass is 32.1. The molecule has 0 radical (unpaired) electrons. The first-order valence-electron chi connectivity index (χ1n) is 11.1. The van der Waals surface area contributed by atoms with Crippen LogP contribution in [0.15, 0.2) is 40.9 Å². The Bertz CT molecular complexity index is 1380. The lowest BCUT2D eigenvalue weighted by Crippen LogP contribution is -2.12. The number of nitrogens with zero attached hydrogens (tertiary/aromatic N) is 2. The van der Waals surface area contributed by atoms with Crippen LogP contribution < -0.4 is 5.32 Å². The number of nitrogens with one attached hydrogen (secondary N) is 1. The Morgan fingerprint density at radius 2 is 1.94 bits per heavy atom. The van der Waals surface area contributed by atoms with Crippen molar-refractivity contribution in [3.05, 3.63) is 63.8 Å². The van der Waals surface area contributed by atoms with E-state index < -0.39 is 17.7 Å². The molecule has 2 N–H and O–H groups in total. The number of fused-ring (bicyclic) bond motifs is 1. The number of benzene rings is 2. The Hall–Kier alpha value is -3.40. The summed E-state index contributed by atoms with van der Waals surface area (Å²) < 4.78 is 46.1. The van der Waals surface area contributed by atoms with E-state index in [0.29, 0.717) is 29.1 Å². The summed E-state index contributed by atoms with van der Waals surface area (Å²) in [4.78, 5) is 16.4. The van der Waals surface area contributed by atoms with Crippen molar-refractivity contribution in [3.63, 3.8) is 0 Å². The van der Waals surface area contributed by atoms with E-state index in [4.69, 9.17) is 9.63 Å². The summed E-state index contributed by atoms with van der Waals surface area (Å²) >= 11 is 1.28. The predicted molar refractivity (Wildman–Crippen MR) is 129 cm³/mol. The molecule has 0 spiro atoms. The number of carboxylic acids is 1. The lowest BCUT2D eigenvalue weighted by molar-refractivity contribution is -0.137. The highest BCUT2D eigenvalue weighted by molar-refractivity contribution is 7.15. The van der Waals surface area contributed by atoms with Crippen molar-refractivity contribution in [1.29, 1.82) is 0 Å². The molecule has 4 rings (SSSR count). The molecule has 0 amide bonds. The normalized spacial score (nSPS) is 12.0. The van der Waals surface area contributed by atoms with Crippen molar-refractivity contribution in [2.45, 2.75) is 45.7 Å². The number of alkyl halides is 3. The fraction of sp³-hybridized carbons (Fsp3) is 0.320. The molecular weight excluding hydrogens is 479 g/mol. The summed E-state index contributed by atoms with van der Waals surface area (Å²) in [7, 11) is 0. The number of aliphatic carboxylic acids is 1. The van der Waals surface area contributed by atoms with E-state index in [1.807, 2.05) is 26.8 Å². The topological polar surface area (TPSA) is 88.3 Å². The lowest BCUT2D eigenvalue weighted by atomic mass is 10.0. The van der Waals surface area contributed by atoms with Gasteiger partial charge in [0, 0.05) is 27.6 Å². The van der Waals surface area contributed by atoms with Gasteiger partial charge in [0.15, 0.2) is 5.58 Å². The van der Waals surface area contributed by atoms with Gasteiger partial charge in [-0.25, -0.2) is 4.98 Å². The van der Waals surface area contributed by atoms with Crippen molar-refractivity contribution in [3.8, 4) is 10.6 Å². The minimum Gasteiger partial charge on any atom is -0.480 e. The standard InChI is InChI=1S/C25H24F3N3O3S/c1-13(2)23-21(35-24(30-23)15-6-4-5-7-17(15)25(26,27)28)9-8-18-16-10-14(3)19(29-12-22(32)33)11-20(16)34-31-18/h4-7,10-11,13,29H,8-9,12H2,1-3H3,(H,32,33). The first kappa shape index (κ1) is 24.7. The van der Waals surface area contributed by atoms with Crippen molar-refractivity contribution < 1.29 is 27.6 Å². The van der Waals surface area contributed by atoms with Gasteiger partial charge in [-0.15, -0.1) is 11.3 Å². The number of hydrogen-bond donors (Lipinski definition) is 2. The fourth-order valence-corrected chi connectivity index (χ4v) is 5.20. The second-order valence-corrected chi connectivity index (χ2v) is 9.65. The predicted octanol–water partition coefficient (Wildman–Crippen LogP) is 6.68. The Morgan fingerprint density at radius 3 is 2.63 bits per heavy atom. The van der Waals surface area contributed by atoms with Gasteiger partial charge in [-0.2, -0.15) is 13.2 Å². The summed E-state index contributed by atoms with van der Waals surface area (Å²) in [5.41, 5.74) is 2.95. The van der Waals surface area contributed by atoms with Crippen LogP contribution in [0.2, 0.25) is 0 Å². The molecular formula is C25H24F3N3O3S. The monoisotopic (exact) mass is 503 g/mol. The number of anilines is 1. The lowest BCUT2D eigenvalue weighted by Gasteiger charge is -2.10. The molecule has 0 aliphatic carbocycles. The van der Waals surface area contributed by atoms with Crippen LogP contribution in [-0.2, 0) is 23.8 Å². The van der Waals surface area contributed by atoms with Crippen molar-refractivity contribution in [1.82, 2.24) is 10.1 Å². The molecule has 0 fully saturated rings. The third kappa shape index (κ3) is 5.32. The minimum atomic E-state index is -4.46. The molecule has 2 aromatic carbocycles. The van der Waals surface area contributed by atoms with Crippen LogP contribution in [0.1, 0.15) is 47.2 Å². The first-order chi connectivity index (χ1) is 16.5. The van der Waals surface area contributed by atoms with E-state index in [9.17, 15) is 18.0 Å². The van der Waals surface area contributed by atoms with Gasteiger partial charge < -0.3 is 14.9 Å². The summed E-state index contributed by atoms with van der Waals surface area (Å²) in [5, 5.41) is 17.1. The van der Waals surface area contributed by atoms with Crippen molar-refractivity contribution in [2.24, 2.45) is 0 Å². The van der Waals surface area contributed by atoms with Gasteiger partial charge in [0.2, 0.25) is 0 Å². The van der Waals surface area contributed by atoms with Crippen LogP contribution in [0.25, 0.3) is 21.5 Å². The third-order valence-corrected chi connectivity index (χ3v) is 6.81. The molecule has 10 heteroatoms. The molecule has 2 aromatic heterocycles. The maximum absolute atomic E-state index is 13.6. The van der Waals surface area contributed by atoms with E-state index in [2.05, 4.69) is 15.5 Å². The quantitative estimate of drug-likeness (QED) is 0.279. The van der Waals surface area contributed by atoms with Gasteiger partial charge in [-0.3, -0.25) is 4.79 Å². The van der Waals surface area contributed by atoms with Gasteiger partial charge in [0.1, 0.15) is 11.6 Å². The smallest absolute Gasteiger partial charge is 0.417 e. The largest absolute Gasteiger partial charge is 0.480 e. The average Bonchev–Trinajstić information content (AvgIpc) is 3.39. The first-order valence-corrected chi connectivity index (χ1v) is 11.9. The molecule has 2 heterocycles. The van der Waals surface area contributed by atoms with Crippen LogP contribution >= 0.6 is 11.3 Å². The second-order valence-electron chi connectivity index (χ2n) is 8.57. The van der Waals surface area contributed by atoms with Crippen LogP contribution in [0.4, 0.5) is 18.9 Å². The zero-order valence-corrected chi connectivity index (χ0v) is 20.2. The van der Waals surface area contributed by atoms with Gasteiger partial charge in [0.05, 0.1) is 17.0 Å². The Kier molecular flexibility index (Phi) is 6.84. The summed E-state index contributed by atoms with van der Waals surface area (Å²) in [5.74, 6) is -0.919. The van der Waals surface area contributed by atoms with E-state index in [-0.39, 0.29) is 18.0 Å². The molecule has 4 aromatic rings. The number of hydrogen-bond acceptors (Lipinski definition) is 6. The maximum Gasteiger partial charge on any atom is 0.417 e. The Labute approximate surface area is 203 Å².